The molecule has 0 radical (unpaired) electrons. The smallest absolute Gasteiger partial charge is 0.336 e. The zero-order chi connectivity index (χ0) is 19.5. The van der Waals surface area contributed by atoms with Crippen LogP contribution in [0.15, 0.2) is 48.5 Å². The lowest BCUT2D eigenvalue weighted by Crippen LogP contribution is -2.55. The second-order valence-corrected chi connectivity index (χ2v) is 7.62. The average Bonchev–Trinajstić information content (AvgIpc) is 2.72. The summed E-state index contributed by atoms with van der Waals surface area (Å²) in [5.41, 5.74) is 3.15. The fourth-order valence-electron chi connectivity index (χ4n) is 4.34. The summed E-state index contributed by atoms with van der Waals surface area (Å²) in [5.74, 6) is -0.0884. The number of hydrogen-bond donors (Lipinski definition) is 1. The van der Waals surface area contributed by atoms with Crippen LogP contribution in [0.5, 0.6) is 5.75 Å². The van der Waals surface area contributed by atoms with Gasteiger partial charge in [-0.25, -0.2) is 4.79 Å². The molecule has 2 aliphatic rings. The number of esters is 1. The summed E-state index contributed by atoms with van der Waals surface area (Å²) in [6.07, 6.45) is 2.13. The first kappa shape index (κ1) is 19.0. The van der Waals surface area contributed by atoms with Gasteiger partial charge < -0.3 is 14.6 Å². The highest BCUT2D eigenvalue weighted by atomic mass is 16.6. The number of carbonyl (C=O) groups excluding carboxylic acids is 1. The second-order valence-electron chi connectivity index (χ2n) is 7.62. The van der Waals surface area contributed by atoms with E-state index >= 15 is 0 Å². The van der Waals surface area contributed by atoms with Gasteiger partial charge >= 0.3 is 5.97 Å². The lowest BCUT2D eigenvalue weighted by molar-refractivity contribution is -0.181. The van der Waals surface area contributed by atoms with Crippen LogP contribution in [-0.2, 0) is 27.3 Å². The van der Waals surface area contributed by atoms with Gasteiger partial charge in [0.15, 0.2) is 6.10 Å². The van der Waals surface area contributed by atoms with Gasteiger partial charge in [-0.15, -0.1) is 0 Å². The SMILES string of the molecule is CCCN1CC(C(=O)OCc2ccccc2)OC2c3cc(O)ccc3CCC21. The predicted molar refractivity (Wildman–Crippen MR) is 106 cm³/mol. The molecule has 0 spiro atoms. The number of morpholine rings is 1. The van der Waals surface area contributed by atoms with Crippen molar-refractivity contribution in [3.05, 3.63) is 65.2 Å². The number of aromatic hydroxyl groups is 1. The molecular formula is C23H27NO4. The minimum absolute atomic E-state index is 0.217. The molecule has 5 heteroatoms. The number of aryl methyl sites for hydroxylation is 1. The molecule has 0 bridgehead atoms. The summed E-state index contributed by atoms with van der Waals surface area (Å²) in [6.45, 7) is 3.87. The van der Waals surface area contributed by atoms with Crippen LogP contribution in [0.25, 0.3) is 0 Å². The number of hydrogen-bond acceptors (Lipinski definition) is 5. The molecule has 5 nitrogen and oxygen atoms in total. The van der Waals surface area contributed by atoms with Crippen LogP contribution in [0, 0.1) is 0 Å². The molecule has 1 heterocycles. The van der Waals surface area contributed by atoms with E-state index in [0.717, 1.165) is 36.9 Å². The van der Waals surface area contributed by atoms with Gasteiger partial charge in [0, 0.05) is 12.6 Å². The highest BCUT2D eigenvalue weighted by molar-refractivity contribution is 5.75. The van der Waals surface area contributed by atoms with Crippen molar-refractivity contribution >= 4 is 5.97 Å². The highest BCUT2D eigenvalue weighted by Gasteiger charge is 2.43. The van der Waals surface area contributed by atoms with Crippen LogP contribution in [0.4, 0.5) is 0 Å². The Morgan fingerprint density at radius 1 is 1.25 bits per heavy atom. The number of rotatable bonds is 5. The Kier molecular flexibility index (Phi) is 5.64. The predicted octanol–water partition coefficient (Wildman–Crippen LogP) is 3.60. The third kappa shape index (κ3) is 3.91. The fraction of sp³-hybridized carbons (Fsp3) is 0.435. The van der Waals surface area contributed by atoms with Gasteiger partial charge in [-0.05, 0) is 54.6 Å². The van der Waals surface area contributed by atoms with Crippen LogP contribution < -0.4 is 0 Å². The molecular weight excluding hydrogens is 354 g/mol. The molecule has 0 aromatic heterocycles. The molecule has 2 aromatic rings. The molecule has 1 fully saturated rings. The molecule has 28 heavy (non-hydrogen) atoms. The number of ether oxygens (including phenoxy) is 2. The summed E-state index contributed by atoms with van der Waals surface area (Å²) in [6, 6.07) is 15.4. The molecule has 0 saturated carbocycles. The van der Waals surface area contributed by atoms with E-state index in [0.29, 0.717) is 6.54 Å². The zero-order valence-corrected chi connectivity index (χ0v) is 16.2. The normalized spacial score (nSPS) is 24.2. The molecule has 1 aliphatic carbocycles. The van der Waals surface area contributed by atoms with E-state index in [9.17, 15) is 9.90 Å². The van der Waals surface area contributed by atoms with Crippen molar-refractivity contribution in [2.45, 2.75) is 51.0 Å². The Labute approximate surface area is 165 Å². The van der Waals surface area contributed by atoms with Crippen molar-refractivity contribution in [2.24, 2.45) is 0 Å². The minimum Gasteiger partial charge on any atom is -0.508 e. The van der Waals surface area contributed by atoms with E-state index in [1.807, 2.05) is 36.4 Å². The Morgan fingerprint density at radius 2 is 2.07 bits per heavy atom. The van der Waals surface area contributed by atoms with Crippen molar-refractivity contribution in [3.63, 3.8) is 0 Å². The van der Waals surface area contributed by atoms with E-state index in [-0.39, 0.29) is 30.5 Å². The van der Waals surface area contributed by atoms with Crippen LogP contribution >= 0.6 is 0 Å². The summed E-state index contributed by atoms with van der Waals surface area (Å²) < 4.78 is 11.8. The number of fused-ring (bicyclic) bond motifs is 3. The minimum atomic E-state index is -0.621. The van der Waals surface area contributed by atoms with Crippen molar-refractivity contribution in [1.82, 2.24) is 4.90 Å². The van der Waals surface area contributed by atoms with E-state index in [4.69, 9.17) is 9.47 Å². The molecule has 1 aliphatic heterocycles. The Balaban J connectivity index is 1.52. The summed E-state index contributed by atoms with van der Waals surface area (Å²) in [4.78, 5) is 15.1. The van der Waals surface area contributed by atoms with Crippen molar-refractivity contribution in [1.29, 1.82) is 0 Å². The first-order chi connectivity index (χ1) is 13.7. The lowest BCUT2D eigenvalue weighted by atomic mass is 9.83. The standard InChI is InChI=1S/C23H27NO4/c1-2-12-24-14-21(23(26)27-15-16-6-4-3-5-7-16)28-22-19-13-18(25)10-8-17(19)9-11-20(22)24/h3-8,10,13,20-22,25H,2,9,11-12,14-15H2,1H3. The molecule has 0 amide bonds. The largest absolute Gasteiger partial charge is 0.508 e. The number of carbonyl (C=O) groups is 1. The van der Waals surface area contributed by atoms with Gasteiger partial charge in [0.2, 0.25) is 0 Å². The number of phenolic OH excluding ortho intramolecular Hbond substituents is 1. The van der Waals surface area contributed by atoms with E-state index in [1.165, 1.54) is 5.56 Å². The third-order valence-corrected chi connectivity index (χ3v) is 5.67. The van der Waals surface area contributed by atoms with Crippen molar-refractivity contribution < 1.29 is 19.4 Å². The van der Waals surface area contributed by atoms with Crippen LogP contribution in [0.2, 0.25) is 0 Å². The van der Waals surface area contributed by atoms with E-state index < -0.39 is 6.10 Å². The molecule has 148 valence electrons. The highest BCUT2D eigenvalue weighted by Crippen LogP contribution is 2.40. The maximum absolute atomic E-state index is 12.8. The Bertz CT molecular complexity index is 823. The van der Waals surface area contributed by atoms with Gasteiger partial charge in [-0.3, -0.25) is 4.90 Å². The Morgan fingerprint density at radius 3 is 2.86 bits per heavy atom. The quantitative estimate of drug-likeness (QED) is 0.802. The maximum atomic E-state index is 12.8. The van der Waals surface area contributed by atoms with Crippen LogP contribution in [0.3, 0.4) is 0 Å². The van der Waals surface area contributed by atoms with Gasteiger partial charge in [0.1, 0.15) is 12.4 Å². The van der Waals surface area contributed by atoms with Gasteiger partial charge in [-0.2, -0.15) is 0 Å². The summed E-state index contributed by atoms with van der Waals surface area (Å²) in [5, 5.41) is 9.97. The monoisotopic (exact) mass is 381 g/mol. The topological polar surface area (TPSA) is 59.0 Å². The summed E-state index contributed by atoms with van der Waals surface area (Å²) >= 11 is 0. The van der Waals surface area contributed by atoms with Gasteiger partial charge in [-0.1, -0.05) is 43.3 Å². The van der Waals surface area contributed by atoms with Crippen LogP contribution in [0.1, 0.15) is 42.6 Å². The first-order valence-electron chi connectivity index (χ1n) is 10.1. The first-order valence-corrected chi connectivity index (χ1v) is 10.1. The van der Waals surface area contributed by atoms with Gasteiger partial charge in [0.25, 0.3) is 0 Å². The molecule has 2 aromatic carbocycles. The Hall–Kier alpha value is -2.37. The zero-order valence-electron chi connectivity index (χ0n) is 16.2. The summed E-state index contributed by atoms with van der Waals surface area (Å²) in [7, 11) is 0. The number of benzene rings is 2. The molecule has 4 rings (SSSR count). The van der Waals surface area contributed by atoms with Crippen molar-refractivity contribution in [3.8, 4) is 5.75 Å². The van der Waals surface area contributed by atoms with Crippen molar-refractivity contribution in [2.75, 3.05) is 13.1 Å². The molecule has 1 saturated heterocycles. The lowest BCUT2D eigenvalue weighted by Gasteiger charge is -2.46. The van der Waals surface area contributed by atoms with E-state index in [2.05, 4.69) is 11.8 Å². The fourth-order valence-corrected chi connectivity index (χ4v) is 4.34. The van der Waals surface area contributed by atoms with Gasteiger partial charge in [0.05, 0.1) is 6.10 Å². The maximum Gasteiger partial charge on any atom is 0.336 e. The number of nitrogens with zero attached hydrogens (tertiary/aromatic N) is 1. The molecule has 3 unspecified atom stereocenters. The second kappa shape index (κ2) is 8.33. The van der Waals surface area contributed by atoms with E-state index in [1.54, 1.807) is 12.1 Å². The van der Waals surface area contributed by atoms with Crippen LogP contribution in [-0.4, -0.2) is 41.2 Å². The molecule has 1 N–H and O–H groups in total. The molecule has 3 atom stereocenters. The average molecular weight is 381 g/mol. The number of phenols is 1. The third-order valence-electron chi connectivity index (χ3n) is 5.67.